The van der Waals surface area contributed by atoms with E-state index in [9.17, 15) is 32.3 Å². The van der Waals surface area contributed by atoms with Crippen LogP contribution < -0.4 is 24.8 Å². The molecule has 1 aliphatic heterocycles. The van der Waals surface area contributed by atoms with E-state index in [1.807, 2.05) is 0 Å². The lowest BCUT2D eigenvalue weighted by atomic mass is 9.88. The number of aromatic nitrogens is 1. The van der Waals surface area contributed by atoms with E-state index in [0.717, 1.165) is 18.2 Å². The number of pyridine rings is 1. The molecule has 1 aliphatic rings. The van der Waals surface area contributed by atoms with Crippen LogP contribution in [0.25, 0.3) is 11.3 Å². The van der Waals surface area contributed by atoms with Crippen molar-refractivity contribution in [1.29, 1.82) is 0 Å². The molecule has 4 rings (SSSR count). The number of carbonyl (C=O) groups excluding carboxylic acids is 2. The minimum absolute atomic E-state index is 0.00285. The highest BCUT2D eigenvalue weighted by molar-refractivity contribution is 5.95. The molecule has 3 aromatic rings. The molecule has 0 saturated heterocycles. The number of nitrogens with one attached hydrogen (secondary N) is 2. The Kier molecular flexibility index (Phi) is 9.92. The number of methoxy groups -OCH3 is 1. The van der Waals surface area contributed by atoms with Crippen LogP contribution in [0.3, 0.4) is 0 Å². The summed E-state index contributed by atoms with van der Waals surface area (Å²) in [4.78, 5) is 29.9. The van der Waals surface area contributed by atoms with Gasteiger partial charge in [-0.15, -0.1) is 0 Å². The Hall–Kier alpha value is -4.63. The molecule has 4 N–H and O–H groups in total. The number of aliphatic hydroxyl groups is 2. The molecule has 0 fully saturated rings. The lowest BCUT2D eigenvalue weighted by Gasteiger charge is -2.32. The van der Waals surface area contributed by atoms with Gasteiger partial charge in [0.1, 0.15) is 35.9 Å². The summed E-state index contributed by atoms with van der Waals surface area (Å²) in [7, 11) is 1.29. The highest BCUT2D eigenvalue weighted by Gasteiger charge is 2.57. The van der Waals surface area contributed by atoms with Crippen molar-refractivity contribution in [2.45, 2.75) is 50.6 Å². The maximum absolute atomic E-state index is 14.8. The van der Waals surface area contributed by atoms with Crippen molar-refractivity contribution in [1.82, 2.24) is 15.6 Å². The third kappa shape index (κ3) is 7.68. The molecule has 2 amide bonds. The number of hydrogen-bond donors (Lipinski definition) is 4. The first-order valence-electron chi connectivity index (χ1n) is 14.4. The zero-order valence-corrected chi connectivity index (χ0v) is 26.3. The lowest BCUT2D eigenvalue weighted by molar-refractivity contribution is -0.265. The van der Waals surface area contributed by atoms with Crippen molar-refractivity contribution in [2.24, 2.45) is 0 Å². The molecule has 2 atom stereocenters. The summed E-state index contributed by atoms with van der Waals surface area (Å²) in [6, 6.07) is 9.48. The van der Waals surface area contributed by atoms with Crippen molar-refractivity contribution < 1.29 is 56.3 Å². The number of alkyl carbamates (subject to hydrolysis) is 1. The Morgan fingerprint density at radius 2 is 1.74 bits per heavy atom. The van der Waals surface area contributed by atoms with E-state index in [1.165, 1.54) is 44.4 Å². The Labute approximate surface area is 267 Å². The molecule has 1 aromatic heterocycles. The van der Waals surface area contributed by atoms with Gasteiger partial charge in [0.2, 0.25) is 5.60 Å². The second kappa shape index (κ2) is 13.2. The number of hydrogen-bond acceptors (Lipinski definition) is 9. The Morgan fingerprint density at radius 3 is 2.34 bits per heavy atom. The number of fused-ring (bicyclic) bond motifs is 1. The van der Waals surface area contributed by atoms with Gasteiger partial charge in [0.05, 0.1) is 26.0 Å². The van der Waals surface area contributed by atoms with Crippen LogP contribution in [-0.2, 0) is 15.9 Å². The lowest BCUT2D eigenvalue weighted by Crippen LogP contribution is -2.52. The Balaban J connectivity index is 1.77. The average Bonchev–Trinajstić information content (AvgIpc) is 3.32. The summed E-state index contributed by atoms with van der Waals surface area (Å²) < 4.78 is 79.8. The predicted octanol–water partition coefficient (Wildman–Crippen LogP) is 4.58. The summed E-state index contributed by atoms with van der Waals surface area (Å²) in [5.41, 5.74) is -7.09. The monoisotopic (exact) mass is 665 g/mol. The minimum Gasteiger partial charge on any atom is -0.493 e. The fourth-order valence-corrected chi connectivity index (χ4v) is 4.76. The number of ether oxygens (including phenoxy) is 4. The minimum atomic E-state index is -5.38. The molecular weight excluding hydrogens is 630 g/mol. The van der Waals surface area contributed by atoms with Gasteiger partial charge in [0.15, 0.2) is 17.2 Å². The van der Waals surface area contributed by atoms with Crippen LogP contribution in [0.5, 0.6) is 17.2 Å². The van der Waals surface area contributed by atoms with Crippen LogP contribution in [0, 0.1) is 5.82 Å². The SMILES string of the molecule is COc1cc(C(=O)NC[C@@](O)(c2cc3c(c(-c4ccc(F)cc4)n2)OCC3(C)NC(=O)OC(C)(C)C)C(F)(F)F)ccc1OCCO. The van der Waals surface area contributed by atoms with Crippen molar-refractivity contribution >= 4 is 12.0 Å². The number of rotatable bonds is 10. The van der Waals surface area contributed by atoms with Crippen molar-refractivity contribution in [3.8, 4) is 28.5 Å². The van der Waals surface area contributed by atoms with E-state index in [1.54, 1.807) is 20.8 Å². The molecule has 0 saturated carbocycles. The van der Waals surface area contributed by atoms with E-state index >= 15 is 0 Å². The highest BCUT2D eigenvalue weighted by Crippen LogP contribution is 2.47. The second-order valence-corrected chi connectivity index (χ2v) is 12.0. The molecule has 1 unspecified atom stereocenters. The molecule has 15 heteroatoms. The van der Waals surface area contributed by atoms with E-state index in [4.69, 9.17) is 24.1 Å². The molecule has 2 heterocycles. The van der Waals surface area contributed by atoms with Crippen LogP contribution in [-0.4, -0.2) is 72.5 Å². The number of aliphatic hydroxyl groups excluding tert-OH is 1. The number of halogens is 4. The Morgan fingerprint density at radius 1 is 1.06 bits per heavy atom. The largest absolute Gasteiger partial charge is 0.493 e. The molecule has 11 nitrogen and oxygen atoms in total. The summed E-state index contributed by atoms with van der Waals surface area (Å²) >= 11 is 0. The molecule has 2 aromatic carbocycles. The normalized spacial score (nSPS) is 17.2. The third-order valence-corrected chi connectivity index (χ3v) is 7.14. The molecule has 0 bridgehead atoms. The number of amides is 2. The number of nitrogens with zero attached hydrogens (tertiary/aromatic N) is 1. The van der Waals surface area contributed by atoms with Crippen LogP contribution in [0.1, 0.15) is 49.3 Å². The first-order chi connectivity index (χ1) is 21.9. The molecule has 0 aliphatic carbocycles. The summed E-state index contributed by atoms with van der Waals surface area (Å²) in [6.45, 7) is 4.45. The quantitative estimate of drug-likeness (QED) is 0.229. The van der Waals surface area contributed by atoms with E-state index in [2.05, 4.69) is 15.6 Å². The highest BCUT2D eigenvalue weighted by atomic mass is 19.4. The van der Waals surface area contributed by atoms with Gasteiger partial charge in [0.25, 0.3) is 5.91 Å². The summed E-state index contributed by atoms with van der Waals surface area (Å²) in [5, 5.41) is 25.1. The fraction of sp³-hybridized carbons (Fsp3) is 0.406. The zero-order valence-electron chi connectivity index (χ0n) is 26.3. The summed E-state index contributed by atoms with van der Waals surface area (Å²) in [6.07, 6.45) is -6.25. The molecule has 254 valence electrons. The number of alkyl halides is 3. The van der Waals surface area contributed by atoms with E-state index in [-0.39, 0.29) is 59.5 Å². The van der Waals surface area contributed by atoms with Crippen LogP contribution in [0.2, 0.25) is 0 Å². The topological polar surface area (TPSA) is 148 Å². The average molecular weight is 666 g/mol. The van der Waals surface area contributed by atoms with Crippen molar-refractivity contribution in [3.63, 3.8) is 0 Å². The van der Waals surface area contributed by atoms with Gasteiger partial charge < -0.3 is 39.8 Å². The first-order valence-corrected chi connectivity index (χ1v) is 14.4. The zero-order chi connectivity index (χ0) is 34.8. The van der Waals surface area contributed by atoms with Gasteiger partial charge >= 0.3 is 12.3 Å². The molecular formula is C32H35F4N3O8. The van der Waals surface area contributed by atoms with Gasteiger partial charge in [-0.3, -0.25) is 4.79 Å². The number of benzene rings is 2. The van der Waals surface area contributed by atoms with Gasteiger partial charge in [-0.05, 0) is 76.2 Å². The van der Waals surface area contributed by atoms with Crippen LogP contribution in [0.15, 0.2) is 48.5 Å². The first kappa shape index (κ1) is 35.2. The van der Waals surface area contributed by atoms with Crippen molar-refractivity contribution in [3.05, 3.63) is 71.2 Å². The van der Waals surface area contributed by atoms with Gasteiger partial charge in [0, 0.05) is 16.7 Å². The maximum Gasteiger partial charge on any atom is 0.424 e. The molecule has 0 radical (unpaired) electrons. The molecule has 0 spiro atoms. The maximum atomic E-state index is 14.8. The predicted molar refractivity (Wildman–Crippen MR) is 160 cm³/mol. The van der Waals surface area contributed by atoms with Crippen LogP contribution in [0.4, 0.5) is 22.4 Å². The van der Waals surface area contributed by atoms with E-state index in [0.29, 0.717) is 0 Å². The standard InChI is InChI=1S/C32H35F4N3O8/c1-29(2,3)47-28(42)39-30(4)17-46-26-21(30)15-24(38-25(26)18-6-9-20(33)10-7-18)31(43,32(34,35)36)16-37-27(41)19-8-11-22(45-13-12-40)23(14-19)44-5/h6-11,14-15,40,43H,12-13,16-17H2,1-5H3,(H,37,41)(H,39,42)/t30?,31-/m1/s1. The van der Waals surface area contributed by atoms with Gasteiger partial charge in [-0.1, -0.05) is 0 Å². The van der Waals surface area contributed by atoms with E-state index < -0.39 is 53.0 Å². The Bertz CT molecular complexity index is 1630. The van der Waals surface area contributed by atoms with Gasteiger partial charge in [-0.2, -0.15) is 13.2 Å². The summed E-state index contributed by atoms with van der Waals surface area (Å²) in [5.74, 6) is -1.33. The molecule has 47 heavy (non-hydrogen) atoms. The number of carbonyl (C=O) groups is 2. The second-order valence-electron chi connectivity index (χ2n) is 12.0. The third-order valence-electron chi connectivity index (χ3n) is 7.14. The van der Waals surface area contributed by atoms with Crippen LogP contribution >= 0.6 is 0 Å². The van der Waals surface area contributed by atoms with Crippen molar-refractivity contribution in [2.75, 3.05) is 33.5 Å². The van der Waals surface area contributed by atoms with Gasteiger partial charge in [-0.25, -0.2) is 14.2 Å². The smallest absolute Gasteiger partial charge is 0.424 e. The fourth-order valence-electron chi connectivity index (χ4n) is 4.76.